The van der Waals surface area contributed by atoms with Gasteiger partial charge in [0, 0.05) is 19.6 Å². The van der Waals surface area contributed by atoms with Crippen molar-refractivity contribution in [2.24, 2.45) is 11.7 Å². The molecule has 0 aromatic heterocycles. The molecule has 0 saturated carbocycles. The molecular weight excluding hydrogens is 250 g/mol. The molecule has 0 fully saturated rings. The molecule has 0 aliphatic rings. The van der Waals surface area contributed by atoms with Crippen molar-refractivity contribution in [2.45, 2.75) is 39.9 Å². The second kappa shape index (κ2) is 8.02. The summed E-state index contributed by atoms with van der Waals surface area (Å²) < 4.78 is 0. The minimum absolute atomic E-state index is 0.0754. The van der Waals surface area contributed by atoms with Crippen molar-refractivity contribution < 1.29 is 4.79 Å². The standard InChI is InChI=1S/C16H27N3O/c1-12(2)10-18-16(20)13(3)19(4)11-15-8-6-5-7-14(15)9-17/h5-8,12-13H,9-11,17H2,1-4H3,(H,18,20). The third kappa shape index (κ3) is 4.94. The fourth-order valence-electron chi connectivity index (χ4n) is 1.97. The van der Waals surface area contributed by atoms with Gasteiger partial charge in [-0.1, -0.05) is 38.1 Å². The van der Waals surface area contributed by atoms with Gasteiger partial charge in [-0.15, -0.1) is 0 Å². The molecule has 1 amide bonds. The van der Waals surface area contributed by atoms with Gasteiger partial charge < -0.3 is 11.1 Å². The third-order valence-electron chi connectivity index (χ3n) is 3.48. The number of nitrogens with two attached hydrogens (primary N) is 1. The summed E-state index contributed by atoms with van der Waals surface area (Å²) in [5.41, 5.74) is 8.06. The second-order valence-corrected chi connectivity index (χ2v) is 5.70. The smallest absolute Gasteiger partial charge is 0.237 e. The lowest BCUT2D eigenvalue weighted by molar-refractivity contribution is -0.125. The highest BCUT2D eigenvalue weighted by Crippen LogP contribution is 2.12. The van der Waals surface area contributed by atoms with Gasteiger partial charge in [0.05, 0.1) is 6.04 Å². The van der Waals surface area contributed by atoms with E-state index in [2.05, 4.69) is 25.2 Å². The van der Waals surface area contributed by atoms with E-state index in [4.69, 9.17) is 5.73 Å². The molecule has 1 aromatic rings. The molecule has 1 atom stereocenters. The van der Waals surface area contributed by atoms with Crippen LogP contribution in [0.5, 0.6) is 0 Å². The molecule has 4 heteroatoms. The largest absolute Gasteiger partial charge is 0.354 e. The summed E-state index contributed by atoms with van der Waals surface area (Å²) in [6, 6.07) is 7.94. The number of benzene rings is 1. The van der Waals surface area contributed by atoms with Gasteiger partial charge in [-0.05, 0) is 31.0 Å². The lowest BCUT2D eigenvalue weighted by atomic mass is 10.1. The molecule has 1 unspecified atom stereocenters. The fourth-order valence-corrected chi connectivity index (χ4v) is 1.97. The first-order valence-electron chi connectivity index (χ1n) is 7.20. The van der Waals surface area contributed by atoms with E-state index in [1.165, 1.54) is 5.56 Å². The van der Waals surface area contributed by atoms with Crippen molar-refractivity contribution >= 4 is 5.91 Å². The monoisotopic (exact) mass is 277 g/mol. The number of hydrogen-bond donors (Lipinski definition) is 2. The second-order valence-electron chi connectivity index (χ2n) is 5.70. The molecular formula is C16H27N3O. The van der Waals surface area contributed by atoms with Gasteiger partial charge in [-0.25, -0.2) is 0 Å². The molecule has 3 N–H and O–H groups in total. The molecule has 0 spiro atoms. The number of amides is 1. The Morgan fingerprint density at radius 1 is 1.25 bits per heavy atom. The van der Waals surface area contributed by atoms with Gasteiger partial charge in [0.1, 0.15) is 0 Å². The highest BCUT2D eigenvalue weighted by Gasteiger charge is 2.18. The van der Waals surface area contributed by atoms with Crippen LogP contribution in [0.3, 0.4) is 0 Å². The fraction of sp³-hybridized carbons (Fsp3) is 0.562. The maximum Gasteiger partial charge on any atom is 0.237 e. The summed E-state index contributed by atoms with van der Waals surface area (Å²) in [4.78, 5) is 14.1. The third-order valence-corrected chi connectivity index (χ3v) is 3.48. The zero-order chi connectivity index (χ0) is 15.1. The van der Waals surface area contributed by atoms with Gasteiger partial charge in [0.2, 0.25) is 5.91 Å². The van der Waals surface area contributed by atoms with Gasteiger partial charge in [-0.2, -0.15) is 0 Å². The summed E-state index contributed by atoms with van der Waals surface area (Å²) >= 11 is 0. The normalized spacial score (nSPS) is 12.8. The van der Waals surface area contributed by atoms with E-state index in [1.54, 1.807) is 0 Å². The number of carbonyl (C=O) groups is 1. The molecule has 0 radical (unpaired) electrons. The van der Waals surface area contributed by atoms with Gasteiger partial charge >= 0.3 is 0 Å². The maximum atomic E-state index is 12.1. The quantitative estimate of drug-likeness (QED) is 0.798. The molecule has 112 valence electrons. The highest BCUT2D eigenvalue weighted by atomic mass is 16.2. The lowest BCUT2D eigenvalue weighted by Crippen LogP contribution is -2.44. The Hall–Kier alpha value is -1.39. The Morgan fingerprint density at radius 3 is 2.40 bits per heavy atom. The molecule has 4 nitrogen and oxygen atoms in total. The zero-order valence-corrected chi connectivity index (χ0v) is 13.0. The van der Waals surface area contributed by atoms with Crippen LogP contribution in [0.15, 0.2) is 24.3 Å². The predicted molar refractivity (Wildman–Crippen MR) is 83.1 cm³/mol. The van der Waals surface area contributed by atoms with Crippen molar-refractivity contribution in [3.8, 4) is 0 Å². The SMILES string of the molecule is CC(C)CNC(=O)C(C)N(C)Cc1ccccc1CN. The van der Waals surface area contributed by atoms with Crippen LogP contribution in [0.1, 0.15) is 31.9 Å². The molecule has 20 heavy (non-hydrogen) atoms. The number of carbonyl (C=O) groups excluding carboxylic acids is 1. The molecule has 0 bridgehead atoms. The summed E-state index contributed by atoms with van der Waals surface area (Å²) in [6.07, 6.45) is 0. The van der Waals surface area contributed by atoms with Crippen LogP contribution >= 0.6 is 0 Å². The molecule has 1 rings (SSSR count). The van der Waals surface area contributed by atoms with E-state index in [9.17, 15) is 4.79 Å². The molecule has 0 aliphatic heterocycles. The van der Waals surface area contributed by atoms with Crippen LogP contribution in [0.2, 0.25) is 0 Å². The minimum Gasteiger partial charge on any atom is -0.354 e. The van der Waals surface area contributed by atoms with E-state index < -0.39 is 0 Å². The number of hydrogen-bond acceptors (Lipinski definition) is 3. The molecule has 0 saturated heterocycles. The first-order valence-corrected chi connectivity index (χ1v) is 7.20. The number of rotatable bonds is 7. The van der Waals surface area contributed by atoms with E-state index in [0.717, 1.165) is 18.7 Å². The topological polar surface area (TPSA) is 58.4 Å². The van der Waals surface area contributed by atoms with Crippen LogP contribution in [0, 0.1) is 5.92 Å². The molecule has 0 heterocycles. The van der Waals surface area contributed by atoms with E-state index in [0.29, 0.717) is 12.5 Å². The first kappa shape index (κ1) is 16.7. The number of nitrogens with one attached hydrogen (secondary N) is 1. The van der Waals surface area contributed by atoms with Crippen molar-refractivity contribution in [2.75, 3.05) is 13.6 Å². The predicted octanol–water partition coefficient (Wildman–Crippen LogP) is 1.74. The Kier molecular flexibility index (Phi) is 6.68. The van der Waals surface area contributed by atoms with Gasteiger partial charge in [0.15, 0.2) is 0 Å². The number of nitrogens with zero attached hydrogens (tertiary/aromatic N) is 1. The maximum absolute atomic E-state index is 12.1. The average molecular weight is 277 g/mol. The van der Waals surface area contributed by atoms with Crippen LogP contribution < -0.4 is 11.1 Å². The van der Waals surface area contributed by atoms with Crippen molar-refractivity contribution in [3.63, 3.8) is 0 Å². The van der Waals surface area contributed by atoms with E-state index in [-0.39, 0.29) is 11.9 Å². The van der Waals surface area contributed by atoms with Crippen molar-refractivity contribution in [1.29, 1.82) is 0 Å². The average Bonchev–Trinajstić information content (AvgIpc) is 2.44. The van der Waals surface area contributed by atoms with Crippen LogP contribution in [0.4, 0.5) is 0 Å². The van der Waals surface area contributed by atoms with Crippen LogP contribution in [-0.2, 0) is 17.9 Å². The van der Waals surface area contributed by atoms with Gasteiger partial charge in [-0.3, -0.25) is 9.69 Å². The number of likely N-dealkylation sites (N-methyl/N-ethyl adjacent to an activating group) is 1. The molecule has 0 aliphatic carbocycles. The Balaban J connectivity index is 2.61. The zero-order valence-electron chi connectivity index (χ0n) is 13.0. The lowest BCUT2D eigenvalue weighted by Gasteiger charge is -2.25. The van der Waals surface area contributed by atoms with Crippen LogP contribution in [-0.4, -0.2) is 30.4 Å². The minimum atomic E-state index is -0.153. The van der Waals surface area contributed by atoms with Crippen molar-refractivity contribution in [3.05, 3.63) is 35.4 Å². The van der Waals surface area contributed by atoms with Crippen LogP contribution in [0.25, 0.3) is 0 Å². The van der Waals surface area contributed by atoms with Crippen molar-refractivity contribution in [1.82, 2.24) is 10.2 Å². The Labute approximate surface area is 122 Å². The van der Waals surface area contributed by atoms with Gasteiger partial charge in [0.25, 0.3) is 0 Å². The summed E-state index contributed by atoms with van der Waals surface area (Å²) in [5, 5.41) is 2.97. The first-order chi connectivity index (χ1) is 9.45. The summed E-state index contributed by atoms with van der Waals surface area (Å²) in [7, 11) is 1.97. The summed E-state index contributed by atoms with van der Waals surface area (Å²) in [5.74, 6) is 0.542. The Bertz CT molecular complexity index is 431. The van der Waals surface area contributed by atoms with E-state index >= 15 is 0 Å². The highest BCUT2D eigenvalue weighted by molar-refractivity contribution is 5.81. The summed E-state index contributed by atoms with van der Waals surface area (Å²) in [6.45, 7) is 8.08. The molecule has 1 aromatic carbocycles. The Morgan fingerprint density at radius 2 is 1.85 bits per heavy atom. The van der Waals surface area contributed by atoms with E-state index in [1.807, 2.05) is 37.1 Å².